The second kappa shape index (κ2) is 10.9. The normalized spacial score (nSPS) is 18.0. The maximum Gasteiger partial charge on any atom is 0.282 e. The highest BCUT2D eigenvalue weighted by Gasteiger charge is 2.42. The van der Waals surface area contributed by atoms with Gasteiger partial charge in [0.2, 0.25) is 5.91 Å². The maximum absolute atomic E-state index is 15.2. The van der Waals surface area contributed by atoms with Crippen LogP contribution in [0.15, 0.2) is 54.0 Å². The molecule has 9 nitrogen and oxygen atoms in total. The minimum Gasteiger partial charge on any atom is -0.507 e. The van der Waals surface area contributed by atoms with Crippen LogP contribution in [0.25, 0.3) is 28.0 Å². The Hall–Kier alpha value is -4.44. The fourth-order valence-electron chi connectivity index (χ4n) is 6.72. The van der Waals surface area contributed by atoms with Crippen LogP contribution >= 0.6 is 11.6 Å². The topological polar surface area (TPSA) is 94.8 Å². The van der Waals surface area contributed by atoms with Crippen LogP contribution in [0.2, 0.25) is 5.02 Å². The van der Waals surface area contributed by atoms with E-state index >= 15 is 4.39 Å². The van der Waals surface area contributed by atoms with Crippen LogP contribution in [0.3, 0.4) is 0 Å². The van der Waals surface area contributed by atoms with Crippen molar-refractivity contribution in [3.05, 3.63) is 81.6 Å². The number of benzene rings is 1. The first-order chi connectivity index (χ1) is 20.9. The number of phenols is 1. The van der Waals surface area contributed by atoms with Crippen molar-refractivity contribution in [3.8, 4) is 22.7 Å². The fraction of sp³-hybridized carbons (Fsp3) is 0.333. The van der Waals surface area contributed by atoms with Gasteiger partial charge >= 0.3 is 0 Å². The number of fused-ring (bicyclic) bond motifs is 5. The lowest BCUT2D eigenvalue weighted by atomic mass is 9.97. The van der Waals surface area contributed by atoms with Crippen molar-refractivity contribution in [2.24, 2.45) is 0 Å². The molecule has 1 aromatic carbocycles. The average molecular weight is 617 g/mol. The Kier molecular flexibility index (Phi) is 7.36. The molecule has 1 N–H and O–H groups in total. The summed E-state index contributed by atoms with van der Waals surface area (Å²) in [6.45, 7) is 13.0. The number of halogens is 2. The first-order valence-corrected chi connectivity index (χ1v) is 15.0. The van der Waals surface area contributed by atoms with Gasteiger partial charge in [0.1, 0.15) is 17.3 Å². The molecule has 2 unspecified atom stereocenters. The molecule has 0 aliphatic carbocycles. The Morgan fingerprint density at radius 2 is 1.93 bits per heavy atom. The van der Waals surface area contributed by atoms with Crippen molar-refractivity contribution < 1.29 is 14.3 Å². The molecule has 5 heterocycles. The Bertz CT molecular complexity index is 1890. The molecule has 2 aliphatic heterocycles. The molecule has 2 aliphatic rings. The number of amides is 1. The minimum atomic E-state index is -0.692. The summed E-state index contributed by atoms with van der Waals surface area (Å²) in [5.74, 6) is -1.18. The van der Waals surface area contributed by atoms with Gasteiger partial charge in [-0.3, -0.25) is 19.1 Å². The smallest absolute Gasteiger partial charge is 0.282 e. The number of phenolic OH excluding ortho intramolecular Hbond substituents is 1. The molecule has 1 saturated heterocycles. The standard InChI is InChI=1S/C33H34ClFN6O3/c1-7-25(43)39-14-19(5)40-20(16-39)15-38(6)31-30(40)21-13-22(34)28(26-23(35)9-8-10-24(26)42)37-32(21)41(33(31)44)29-18(4)11-12-36-27(29)17(2)3/h7-13,17,19-20,42H,1,14-16H2,2-6H3. The predicted molar refractivity (Wildman–Crippen MR) is 172 cm³/mol. The number of carbonyl (C=O) groups is 1. The van der Waals surface area contributed by atoms with E-state index in [0.29, 0.717) is 47.8 Å². The van der Waals surface area contributed by atoms with Gasteiger partial charge in [0, 0.05) is 44.3 Å². The van der Waals surface area contributed by atoms with E-state index in [1.807, 2.05) is 45.7 Å². The number of hydrogen-bond acceptors (Lipinski definition) is 7. The molecule has 0 saturated carbocycles. The molecular weight excluding hydrogens is 583 g/mol. The molecule has 0 bridgehead atoms. The van der Waals surface area contributed by atoms with E-state index in [-0.39, 0.29) is 57.1 Å². The van der Waals surface area contributed by atoms with E-state index < -0.39 is 5.82 Å². The Morgan fingerprint density at radius 1 is 1.18 bits per heavy atom. The first-order valence-electron chi connectivity index (χ1n) is 14.6. The molecular formula is C33H34ClFN6O3. The van der Waals surface area contributed by atoms with Crippen LogP contribution in [0.1, 0.15) is 37.9 Å². The Morgan fingerprint density at radius 3 is 2.61 bits per heavy atom. The third-order valence-electron chi connectivity index (χ3n) is 8.60. The molecule has 6 rings (SSSR count). The van der Waals surface area contributed by atoms with E-state index in [0.717, 1.165) is 5.56 Å². The van der Waals surface area contributed by atoms with E-state index in [9.17, 15) is 14.7 Å². The Labute approximate surface area is 259 Å². The van der Waals surface area contributed by atoms with Crippen LogP contribution in [0.4, 0.5) is 15.8 Å². The summed E-state index contributed by atoms with van der Waals surface area (Å²) in [6.07, 6.45) is 3.04. The number of likely N-dealkylation sites (N-methyl/N-ethyl adjacent to an activating group) is 1. The molecule has 1 amide bonds. The van der Waals surface area contributed by atoms with E-state index in [1.165, 1.54) is 24.3 Å². The lowest BCUT2D eigenvalue weighted by Crippen LogP contribution is -2.64. The number of hydrogen-bond donors (Lipinski definition) is 1. The summed E-state index contributed by atoms with van der Waals surface area (Å²) in [7, 11) is 1.87. The van der Waals surface area contributed by atoms with Crippen molar-refractivity contribution in [2.75, 3.05) is 36.5 Å². The van der Waals surface area contributed by atoms with Crippen LogP contribution in [0.5, 0.6) is 5.75 Å². The fourth-order valence-corrected chi connectivity index (χ4v) is 6.97. The molecule has 11 heteroatoms. The second-order valence-corrected chi connectivity index (χ2v) is 12.3. The number of nitrogens with zero attached hydrogens (tertiary/aromatic N) is 6. The predicted octanol–water partition coefficient (Wildman–Crippen LogP) is 5.42. The quantitative estimate of drug-likeness (QED) is 0.306. The number of aromatic nitrogens is 3. The molecule has 228 valence electrons. The number of pyridine rings is 3. The average Bonchev–Trinajstić information content (AvgIpc) is 2.97. The summed E-state index contributed by atoms with van der Waals surface area (Å²) >= 11 is 6.87. The maximum atomic E-state index is 15.2. The highest BCUT2D eigenvalue weighted by atomic mass is 35.5. The molecule has 3 aromatic heterocycles. The number of carbonyl (C=O) groups excluding carboxylic acids is 1. The third-order valence-corrected chi connectivity index (χ3v) is 8.89. The van der Waals surface area contributed by atoms with Gasteiger partial charge in [0.15, 0.2) is 5.65 Å². The van der Waals surface area contributed by atoms with E-state index in [1.54, 1.807) is 21.7 Å². The highest BCUT2D eigenvalue weighted by molar-refractivity contribution is 6.34. The van der Waals surface area contributed by atoms with Crippen molar-refractivity contribution in [1.29, 1.82) is 0 Å². The molecule has 1 fully saturated rings. The summed E-state index contributed by atoms with van der Waals surface area (Å²) in [4.78, 5) is 42.9. The lowest BCUT2D eigenvalue weighted by Gasteiger charge is -2.52. The molecule has 2 atom stereocenters. The zero-order valence-electron chi connectivity index (χ0n) is 25.3. The Balaban J connectivity index is 1.74. The second-order valence-electron chi connectivity index (χ2n) is 11.9. The molecule has 44 heavy (non-hydrogen) atoms. The first kappa shape index (κ1) is 29.6. The SMILES string of the molecule is C=CC(=O)N1CC(C)N2c3c(c(=O)n(-c4c(C)ccnc4C(C)C)c4nc(-c5c(O)cccc5F)c(Cl)cc34)N(C)CC2C1. The molecule has 0 spiro atoms. The number of aryl methyl sites for hydroxylation is 1. The van der Waals surface area contributed by atoms with Gasteiger partial charge in [0.25, 0.3) is 5.56 Å². The molecule has 0 radical (unpaired) electrons. The number of piperazine rings is 1. The van der Waals surface area contributed by atoms with Gasteiger partial charge in [-0.2, -0.15) is 0 Å². The molecule has 4 aromatic rings. The van der Waals surface area contributed by atoms with Crippen LogP contribution in [-0.2, 0) is 4.79 Å². The van der Waals surface area contributed by atoms with Gasteiger partial charge in [-0.25, -0.2) is 9.37 Å². The van der Waals surface area contributed by atoms with E-state index in [2.05, 4.69) is 16.5 Å². The summed E-state index contributed by atoms with van der Waals surface area (Å²) in [5.41, 5.74) is 3.09. The zero-order valence-corrected chi connectivity index (χ0v) is 26.1. The monoisotopic (exact) mass is 616 g/mol. The van der Waals surface area contributed by atoms with E-state index in [4.69, 9.17) is 16.6 Å². The number of aromatic hydroxyl groups is 1. The van der Waals surface area contributed by atoms with Crippen LogP contribution < -0.4 is 15.4 Å². The summed E-state index contributed by atoms with van der Waals surface area (Å²) in [5, 5.41) is 11.4. The van der Waals surface area contributed by atoms with Crippen molar-refractivity contribution in [1.82, 2.24) is 19.4 Å². The third kappa shape index (κ3) is 4.51. The van der Waals surface area contributed by atoms with Crippen molar-refractivity contribution >= 4 is 39.9 Å². The number of anilines is 2. The van der Waals surface area contributed by atoms with Gasteiger partial charge in [-0.1, -0.05) is 38.1 Å². The van der Waals surface area contributed by atoms with Crippen molar-refractivity contribution in [3.63, 3.8) is 0 Å². The highest BCUT2D eigenvalue weighted by Crippen LogP contribution is 2.45. The summed E-state index contributed by atoms with van der Waals surface area (Å²) in [6, 6.07) is 7.26. The lowest BCUT2D eigenvalue weighted by molar-refractivity contribution is -0.127. The zero-order chi connectivity index (χ0) is 31.6. The van der Waals surface area contributed by atoms with Crippen LogP contribution in [0, 0.1) is 12.7 Å². The van der Waals surface area contributed by atoms with Crippen molar-refractivity contribution in [2.45, 2.75) is 45.7 Å². The summed E-state index contributed by atoms with van der Waals surface area (Å²) < 4.78 is 16.7. The van der Waals surface area contributed by atoms with Crippen LogP contribution in [-0.4, -0.2) is 69.2 Å². The number of rotatable bonds is 4. The van der Waals surface area contributed by atoms with Gasteiger partial charge < -0.3 is 19.8 Å². The minimum absolute atomic E-state index is 0.0191. The van der Waals surface area contributed by atoms with Gasteiger partial charge in [0.05, 0.1) is 39.4 Å². The van der Waals surface area contributed by atoms with Gasteiger partial charge in [-0.05, 0) is 55.7 Å². The van der Waals surface area contributed by atoms with Gasteiger partial charge in [-0.15, -0.1) is 0 Å². The largest absolute Gasteiger partial charge is 0.507 e.